The van der Waals surface area contributed by atoms with E-state index >= 15 is 0 Å². The summed E-state index contributed by atoms with van der Waals surface area (Å²) in [5, 5.41) is 2.41. The van der Waals surface area contributed by atoms with Crippen molar-refractivity contribution in [3.8, 4) is 11.1 Å². The van der Waals surface area contributed by atoms with Gasteiger partial charge >= 0.3 is 6.18 Å². The van der Waals surface area contributed by atoms with Crippen LogP contribution in [0.1, 0.15) is 17.5 Å². The third kappa shape index (κ3) is 5.80. The molecule has 0 aromatic heterocycles. The Morgan fingerprint density at radius 1 is 0.946 bits per heavy atom. The van der Waals surface area contributed by atoms with E-state index < -0.39 is 64.5 Å². The number of carbonyl (C=O) groups is 1. The summed E-state index contributed by atoms with van der Waals surface area (Å²) in [6.07, 6.45) is -6.54. The zero-order valence-electron chi connectivity index (χ0n) is 19.0. The van der Waals surface area contributed by atoms with Crippen molar-refractivity contribution in [1.82, 2.24) is 9.62 Å². The summed E-state index contributed by atoms with van der Waals surface area (Å²) < 4.78 is 107. The monoisotopic (exact) mass is 542 g/mol. The van der Waals surface area contributed by atoms with Gasteiger partial charge in [-0.05, 0) is 59.7 Å². The van der Waals surface area contributed by atoms with E-state index in [4.69, 9.17) is 0 Å². The van der Waals surface area contributed by atoms with Crippen molar-refractivity contribution in [3.05, 3.63) is 89.5 Å². The van der Waals surface area contributed by atoms with Crippen molar-refractivity contribution in [2.45, 2.75) is 36.3 Å². The van der Waals surface area contributed by atoms with Gasteiger partial charge in [0.1, 0.15) is 23.8 Å². The molecule has 2 atom stereocenters. The van der Waals surface area contributed by atoms with Crippen LogP contribution in [0.15, 0.2) is 71.6 Å². The molecule has 1 heterocycles. The molecule has 1 aliphatic heterocycles. The van der Waals surface area contributed by atoms with E-state index in [0.717, 1.165) is 42.5 Å². The van der Waals surface area contributed by atoms with Gasteiger partial charge in [0.2, 0.25) is 15.9 Å². The maximum atomic E-state index is 14.4. The fourth-order valence-corrected chi connectivity index (χ4v) is 5.67. The van der Waals surface area contributed by atoms with Crippen LogP contribution in [0.2, 0.25) is 0 Å². The molecule has 0 saturated carbocycles. The average Bonchev–Trinajstić information content (AvgIpc) is 3.26. The van der Waals surface area contributed by atoms with E-state index in [1.807, 2.05) is 0 Å². The summed E-state index contributed by atoms with van der Waals surface area (Å²) in [6.45, 7) is -0.952. The number of nitrogens with zero attached hydrogens (tertiary/aromatic N) is 1. The Labute approximate surface area is 208 Å². The van der Waals surface area contributed by atoms with Gasteiger partial charge in [0.25, 0.3) is 0 Å². The van der Waals surface area contributed by atoms with E-state index in [0.29, 0.717) is 15.4 Å². The molecule has 1 saturated heterocycles. The second kappa shape index (κ2) is 10.2. The van der Waals surface area contributed by atoms with E-state index in [2.05, 4.69) is 5.32 Å². The normalized spacial score (nSPS) is 18.6. The molecule has 0 bridgehead atoms. The lowest BCUT2D eigenvalue weighted by Gasteiger charge is -2.23. The molecule has 4 rings (SSSR count). The first-order valence-electron chi connectivity index (χ1n) is 11.0. The molecule has 1 amide bonds. The Morgan fingerprint density at radius 3 is 2.19 bits per heavy atom. The minimum atomic E-state index is -4.51. The quantitative estimate of drug-likeness (QED) is 0.443. The number of sulfonamides is 1. The number of hydrogen-bond acceptors (Lipinski definition) is 3. The summed E-state index contributed by atoms with van der Waals surface area (Å²) >= 11 is 0. The number of carbonyl (C=O) groups excluding carboxylic acids is 1. The number of halogens is 6. The molecule has 3 aromatic carbocycles. The lowest BCUT2D eigenvalue weighted by Crippen LogP contribution is -2.45. The van der Waals surface area contributed by atoms with Gasteiger partial charge in [0, 0.05) is 25.1 Å². The van der Waals surface area contributed by atoms with Crippen molar-refractivity contribution >= 4 is 15.9 Å². The van der Waals surface area contributed by atoms with Crippen LogP contribution in [-0.2, 0) is 27.5 Å². The number of alkyl halides is 4. The van der Waals surface area contributed by atoms with Crippen LogP contribution >= 0.6 is 0 Å². The topological polar surface area (TPSA) is 66.5 Å². The van der Waals surface area contributed by atoms with Crippen LogP contribution in [0.25, 0.3) is 11.1 Å². The highest BCUT2D eigenvalue weighted by molar-refractivity contribution is 7.89. The van der Waals surface area contributed by atoms with E-state index in [1.165, 1.54) is 24.3 Å². The van der Waals surface area contributed by atoms with Gasteiger partial charge in [-0.15, -0.1) is 0 Å². The third-order valence-corrected chi connectivity index (χ3v) is 7.86. The van der Waals surface area contributed by atoms with Gasteiger partial charge in [-0.3, -0.25) is 4.79 Å². The maximum Gasteiger partial charge on any atom is 0.416 e. The molecule has 0 radical (unpaired) electrons. The molecule has 196 valence electrons. The fraction of sp³-hybridized carbons (Fsp3) is 0.240. The lowest BCUT2D eigenvalue weighted by molar-refractivity contribution is -0.137. The van der Waals surface area contributed by atoms with Crippen LogP contribution < -0.4 is 5.32 Å². The largest absolute Gasteiger partial charge is 0.416 e. The molecule has 1 N–H and O–H groups in total. The standard InChI is InChI=1S/C25H20F6N2O3S/c26-19-6-8-21(9-7-19)37(35,36)33-14-20(27)12-23(33)24(34)32-13-17-11-16(3-10-22(17)28)15-1-4-18(5-2-15)25(29,30)31/h1-11,20,23H,12-14H2,(H,32,34)/t20-,23+/m1/s1. The molecule has 0 spiro atoms. The van der Waals surface area contributed by atoms with Gasteiger partial charge in [-0.1, -0.05) is 18.2 Å². The van der Waals surface area contributed by atoms with Gasteiger partial charge in [-0.2, -0.15) is 17.5 Å². The Balaban J connectivity index is 1.50. The van der Waals surface area contributed by atoms with Crippen LogP contribution in [0.4, 0.5) is 26.3 Å². The molecule has 12 heteroatoms. The molecule has 37 heavy (non-hydrogen) atoms. The highest BCUT2D eigenvalue weighted by Crippen LogP contribution is 2.32. The molecule has 5 nitrogen and oxygen atoms in total. The van der Waals surface area contributed by atoms with Gasteiger partial charge in [-0.25, -0.2) is 21.6 Å². The molecule has 0 aliphatic carbocycles. The summed E-state index contributed by atoms with van der Waals surface area (Å²) in [7, 11) is -4.32. The average molecular weight is 543 g/mol. The number of benzene rings is 3. The summed E-state index contributed by atoms with van der Waals surface area (Å²) in [6, 6.07) is 10.5. The highest BCUT2D eigenvalue weighted by atomic mass is 32.2. The SMILES string of the molecule is O=C(NCc1cc(-c2ccc(C(F)(F)F)cc2)ccc1F)[C@@H]1C[C@@H](F)CN1S(=O)(=O)c1ccc(F)cc1. The molecule has 3 aromatic rings. The molecule has 0 unspecified atom stereocenters. The van der Waals surface area contributed by atoms with E-state index in [9.17, 15) is 39.6 Å². The molecular formula is C25H20F6N2O3S. The van der Waals surface area contributed by atoms with Crippen LogP contribution in [0, 0.1) is 11.6 Å². The maximum absolute atomic E-state index is 14.4. The van der Waals surface area contributed by atoms with Crippen LogP contribution in [0.5, 0.6) is 0 Å². The first-order valence-corrected chi connectivity index (χ1v) is 12.5. The minimum absolute atomic E-state index is 0.00603. The van der Waals surface area contributed by atoms with Gasteiger partial charge < -0.3 is 5.32 Å². The number of nitrogens with one attached hydrogen (secondary N) is 1. The molecular weight excluding hydrogens is 522 g/mol. The van der Waals surface area contributed by atoms with E-state index in [-0.39, 0.29) is 17.0 Å². The highest BCUT2D eigenvalue weighted by Gasteiger charge is 2.44. The number of amides is 1. The Kier molecular flexibility index (Phi) is 7.33. The number of rotatable bonds is 6. The van der Waals surface area contributed by atoms with Crippen LogP contribution in [-0.4, -0.2) is 37.4 Å². The Bertz CT molecular complexity index is 1390. The zero-order valence-corrected chi connectivity index (χ0v) is 19.8. The second-order valence-corrected chi connectivity index (χ2v) is 10.4. The van der Waals surface area contributed by atoms with E-state index in [1.54, 1.807) is 0 Å². The Morgan fingerprint density at radius 2 is 1.57 bits per heavy atom. The van der Waals surface area contributed by atoms with Crippen molar-refractivity contribution in [1.29, 1.82) is 0 Å². The van der Waals surface area contributed by atoms with Crippen molar-refractivity contribution in [2.75, 3.05) is 6.54 Å². The van der Waals surface area contributed by atoms with Gasteiger partial charge in [0.15, 0.2) is 0 Å². The lowest BCUT2D eigenvalue weighted by atomic mass is 10.0. The Hall–Kier alpha value is -3.38. The fourth-order valence-electron chi connectivity index (χ4n) is 4.04. The third-order valence-electron chi connectivity index (χ3n) is 5.97. The predicted octanol–water partition coefficient (Wildman–Crippen LogP) is 5.07. The first kappa shape index (κ1) is 26.7. The summed E-state index contributed by atoms with van der Waals surface area (Å²) in [5.41, 5.74) is -0.0695. The minimum Gasteiger partial charge on any atom is -0.351 e. The molecule has 1 aliphatic rings. The predicted molar refractivity (Wildman–Crippen MR) is 122 cm³/mol. The summed E-state index contributed by atoms with van der Waals surface area (Å²) in [4.78, 5) is 12.5. The smallest absolute Gasteiger partial charge is 0.351 e. The first-order chi connectivity index (χ1) is 17.4. The van der Waals surface area contributed by atoms with Crippen molar-refractivity contribution in [3.63, 3.8) is 0 Å². The van der Waals surface area contributed by atoms with Crippen molar-refractivity contribution < 1.29 is 39.6 Å². The van der Waals surface area contributed by atoms with Crippen LogP contribution in [0.3, 0.4) is 0 Å². The number of hydrogen-bond donors (Lipinski definition) is 1. The van der Waals surface area contributed by atoms with Gasteiger partial charge in [0.05, 0.1) is 10.5 Å². The summed E-state index contributed by atoms with van der Waals surface area (Å²) in [5.74, 6) is -2.23. The zero-order chi connectivity index (χ0) is 27.0. The molecule has 1 fully saturated rings. The second-order valence-electron chi connectivity index (χ2n) is 8.48. The van der Waals surface area contributed by atoms with Crippen molar-refractivity contribution in [2.24, 2.45) is 0 Å².